The fraction of sp³-hybridized carbons (Fsp3) is 0.714. The number of nitrogens with two attached hydrogens (primary N) is 1. The standard InChI is InChI=1S/C7H10Cl4N2O4/c8-4(7(9,10)11)13-6(15)17-3-1-2-16-5(12)14/h4H,1-3H2,(H2,12,14)(H,13,15). The van der Waals surface area contributed by atoms with E-state index in [0.717, 1.165) is 0 Å². The van der Waals surface area contributed by atoms with Crippen molar-refractivity contribution in [2.24, 2.45) is 5.73 Å². The van der Waals surface area contributed by atoms with Gasteiger partial charge in [0.05, 0.1) is 13.2 Å². The van der Waals surface area contributed by atoms with Gasteiger partial charge in [0.25, 0.3) is 0 Å². The average Bonchev–Trinajstić information content (AvgIpc) is 2.15. The smallest absolute Gasteiger partial charge is 0.408 e. The lowest BCUT2D eigenvalue weighted by Gasteiger charge is -2.18. The van der Waals surface area contributed by atoms with Gasteiger partial charge < -0.3 is 20.5 Å². The molecule has 10 heteroatoms. The number of rotatable bonds is 5. The zero-order chi connectivity index (χ0) is 13.5. The normalized spacial score (nSPS) is 12.7. The molecule has 1 unspecified atom stereocenters. The summed E-state index contributed by atoms with van der Waals surface area (Å²) in [6.45, 7) is 0.0416. The van der Waals surface area contributed by atoms with E-state index in [1.165, 1.54) is 0 Å². The predicted molar refractivity (Wildman–Crippen MR) is 64.6 cm³/mol. The molecule has 2 amide bonds. The summed E-state index contributed by atoms with van der Waals surface area (Å²) in [5.74, 6) is 0. The van der Waals surface area contributed by atoms with Gasteiger partial charge in [-0.25, -0.2) is 9.59 Å². The second-order valence-corrected chi connectivity index (χ2v) is 5.51. The van der Waals surface area contributed by atoms with E-state index >= 15 is 0 Å². The van der Waals surface area contributed by atoms with Crippen molar-refractivity contribution in [3.8, 4) is 0 Å². The monoisotopic (exact) mass is 326 g/mol. The first-order chi connectivity index (χ1) is 7.73. The second kappa shape index (κ2) is 7.92. The molecule has 0 fully saturated rings. The summed E-state index contributed by atoms with van der Waals surface area (Å²) in [5.41, 5.74) is 3.49. The fourth-order valence-corrected chi connectivity index (χ4v) is 0.876. The van der Waals surface area contributed by atoms with Crippen LogP contribution in [-0.4, -0.2) is 34.7 Å². The van der Waals surface area contributed by atoms with Crippen molar-refractivity contribution in [1.82, 2.24) is 5.32 Å². The Morgan fingerprint density at radius 3 is 2.24 bits per heavy atom. The summed E-state index contributed by atoms with van der Waals surface area (Å²) in [4.78, 5) is 21.2. The van der Waals surface area contributed by atoms with Gasteiger partial charge in [-0.15, -0.1) is 0 Å². The van der Waals surface area contributed by atoms with Gasteiger partial charge in [0.15, 0.2) is 5.50 Å². The molecule has 17 heavy (non-hydrogen) atoms. The van der Waals surface area contributed by atoms with E-state index in [9.17, 15) is 9.59 Å². The summed E-state index contributed by atoms with van der Waals surface area (Å²) >= 11 is 21.8. The quantitative estimate of drug-likeness (QED) is 0.460. The lowest BCUT2D eigenvalue weighted by molar-refractivity contribution is 0.122. The van der Waals surface area contributed by atoms with Crippen molar-refractivity contribution >= 4 is 58.6 Å². The highest BCUT2D eigenvalue weighted by atomic mass is 35.6. The number of hydrogen-bond donors (Lipinski definition) is 2. The number of carbonyl (C=O) groups is 2. The second-order valence-electron chi connectivity index (χ2n) is 2.71. The molecule has 100 valence electrons. The van der Waals surface area contributed by atoms with Crippen LogP contribution in [0.15, 0.2) is 0 Å². The number of alkyl carbamates (subject to hydrolysis) is 1. The van der Waals surface area contributed by atoms with Crippen LogP contribution in [0, 0.1) is 0 Å². The number of alkyl halides is 4. The molecule has 0 aromatic heterocycles. The number of ether oxygens (including phenoxy) is 2. The summed E-state index contributed by atoms with van der Waals surface area (Å²) in [5, 5.41) is 2.10. The Labute approximate surface area is 118 Å². The average molecular weight is 328 g/mol. The summed E-state index contributed by atoms with van der Waals surface area (Å²) in [6.07, 6.45) is -1.46. The maximum atomic E-state index is 11.1. The van der Waals surface area contributed by atoms with Crippen molar-refractivity contribution in [2.75, 3.05) is 13.2 Å². The van der Waals surface area contributed by atoms with E-state index in [1.807, 2.05) is 0 Å². The maximum Gasteiger partial charge on any atom is 0.408 e. The summed E-state index contributed by atoms with van der Waals surface area (Å²) < 4.78 is 7.21. The van der Waals surface area contributed by atoms with Crippen LogP contribution in [0.1, 0.15) is 6.42 Å². The summed E-state index contributed by atoms with van der Waals surface area (Å²) in [7, 11) is 0. The molecule has 0 aliphatic heterocycles. The van der Waals surface area contributed by atoms with Crippen LogP contribution in [0.5, 0.6) is 0 Å². The number of nitrogens with one attached hydrogen (secondary N) is 1. The van der Waals surface area contributed by atoms with Crippen LogP contribution in [0.4, 0.5) is 9.59 Å². The van der Waals surface area contributed by atoms with Gasteiger partial charge in [0, 0.05) is 6.42 Å². The molecular weight excluding hydrogens is 318 g/mol. The first-order valence-corrected chi connectivity index (χ1v) is 5.87. The van der Waals surface area contributed by atoms with Gasteiger partial charge in [-0.1, -0.05) is 46.4 Å². The molecule has 0 aliphatic rings. The Morgan fingerprint density at radius 2 is 1.76 bits per heavy atom. The maximum absolute atomic E-state index is 11.1. The number of hydrogen-bond acceptors (Lipinski definition) is 4. The molecule has 0 aromatic carbocycles. The molecule has 6 nitrogen and oxygen atoms in total. The predicted octanol–water partition coefficient (Wildman–Crippen LogP) is 2.13. The number of halogens is 4. The molecule has 0 bridgehead atoms. The minimum atomic E-state index is -1.84. The molecule has 1 atom stereocenters. The highest BCUT2D eigenvalue weighted by Crippen LogP contribution is 2.32. The van der Waals surface area contributed by atoms with Crippen LogP contribution < -0.4 is 11.1 Å². The van der Waals surface area contributed by atoms with Crippen molar-refractivity contribution < 1.29 is 19.1 Å². The van der Waals surface area contributed by atoms with Crippen molar-refractivity contribution in [2.45, 2.75) is 15.7 Å². The van der Waals surface area contributed by atoms with Crippen molar-refractivity contribution in [3.05, 3.63) is 0 Å². The molecule has 0 radical (unpaired) electrons. The first kappa shape index (κ1) is 16.7. The van der Waals surface area contributed by atoms with Gasteiger partial charge in [0.2, 0.25) is 3.79 Å². The van der Waals surface area contributed by atoms with E-state index < -0.39 is 21.5 Å². The molecule has 0 saturated carbocycles. The SMILES string of the molecule is NC(=O)OCCCOC(=O)NC(Cl)C(Cl)(Cl)Cl. The number of amides is 2. The highest BCUT2D eigenvalue weighted by Gasteiger charge is 2.32. The highest BCUT2D eigenvalue weighted by molar-refractivity contribution is 6.70. The number of primary amides is 1. The first-order valence-electron chi connectivity index (χ1n) is 4.30. The summed E-state index contributed by atoms with van der Waals surface area (Å²) in [6, 6.07) is 0. The third-order valence-corrected chi connectivity index (χ3v) is 2.72. The van der Waals surface area contributed by atoms with Crippen LogP contribution in [0.3, 0.4) is 0 Å². The molecule has 0 heterocycles. The third-order valence-electron chi connectivity index (χ3n) is 1.30. The minimum Gasteiger partial charge on any atom is -0.450 e. The zero-order valence-corrected chi connectivity index (χ0v) is 11.4. The third kappa shape index (κ3) is 9.41. The molecule has 0 aromatic rings. The Morgan fingerprint density at radius 1 is 1.24 bits per heavy atom. The minimum absolute atomic E-state index is 0.00256. The van der Waals surface area contributed by atoms with Crippen molar-refractivity contribution in [3.63, 3.8) is 0 Å². The lowest BCUT2D eigenvalue weighted by Crippen LogP contribution is -2.40. The Balaban J connectivity index is 3.64. The van der Waals surface area contributed by atoms with E-state index in [0.29, 0.717) is 0 Å². The largest absolute Gasteiger partial charge is 0.450 e. The van der Waals surface area contributed by atoms with E-state index in [4.69, 9.17) is 52.1 Å². The van der Waals surface area contributed by atoms with Gasteiger partial charge in [0.1, 0.15) is 0 Å². The molecule has 0 aliphatic carbocycles. The van der Waals surface area contributed by atoms with Crippen molar-refractivity contribution in [1.29, 1.82) is 0 Å². The van der Waals surface area contributed by atoms with Crippen LogP contribution in [0.2, 0.25) is 0 Å². The Kier molecular flexibility index (Phi) is 7.78. The van der Waals surface area contributed by atoms with Crippen LogP contribution >= 0.6 is 46.4 Å². The fourth-order valence-electron chi connectivity index (χ4n) is 0.624. The van der Waals surface area contributed by atoms with Gasteiger partial charge in [-0.2, -0.15) is 0 Å². The van der Waals surface area contributed by atoms with Gasteiger partial charge >= 0.3 is 12.2 Å². The molecular formula is C7H10Cl4N2O4. The van der Waals surface area contributed by atoms with E-state index in [2.05, 4.69) is 14.8 Å². The number of carbonyl (C=O) groups excluding carboxylic acids is 2. The molecule has 0 rings (SSSR count). The zero-order valence-electron chi connectivity index (χ0n) is 8.42. The molecule has 3 N–H and O–H groups in total. The van der Waals surface area contributed by atoms with Gasteiger partial charge in [-0.3, -0.25) is 0 Å². The molecule has 0 spiro atoms. The topological polar surface area (TPSA) is 90.7 Å². The van der Waals surface area contributed by atoms with Crippen LogP contribution in [-0.2, 0) is 9.47 Å². The van der Waals surface area contributed by atoms with Crippen LogP contribution in [0.25, 0.3) is 0 Å². The van der Waals surface area contributed by atoms with E-state index in [-0.39, 0.29) is 19.6 Å². The van der Waals surface area contributed by atoms with E-state index in [1.54, 1.807) is 0 Å². The Hall–Kier alpha value is -0.300. The molecule has 0 saturated heterocycles. The van der Waals surface area contributed by atoms with Gasteiger partial charge in [-0.05, 0) is 0 Å². The Bertz CT molecular complexity index is 271. The lowest BCUT2D eigenvalue weighted by atomic mass is 10.5.